The number of imidazole rings is 1. The molecule has 0 saturated carbocycles. The first kappa shape index (κ1) is 7.35. The van der Waals surface area contributed by atoms with Gasteiger partial charge in [-0.25, -0.2) is 9.97 Å². The molecule has 2 heterocycles. The van der Waals surface area contributed by atoms with Crippen LogP contribution in [-0.2, 0) is 0 Å². The van der Waals surface area contributed by atoms with E-state index < -0.39 is 0 Å². The van der Waals surface area contributed by atoms with Crippen LogP contribution in [0.25, 0.3) is 11.2 Å². The van der Waals surface area contributed by atoms with E-state index in [1.54, 1.807) is 0 Å². The smallest absolute Gasteiger partial charge is 0.277 e. The average molecular weight is 185 g/mol. The number of fused-ring (bicyclic) bond motifs is 1. The van der Waals surface area contributed by atoms with Gasteiger partial charge in [0, 0.05) is 0 Å². The Hall–Kier alpha value is -1.30. The summed E-state index contributed by atoms with van der Waals surface area (Å²) in [6.45, 7) is 0. The minimum Gasteiger partial charge on any atom is -0.339 e. The zero-order valence-corrected chi connectivity index (χ0v) is 7.10. The molecule has 0 aliphatic carbocycles. The largest absolute Gasteiger partial charge is 0.339 e. The second kappa shape index (κ2) is 2.63. The van der Waals surface area contributed by atoms with Gasteiger partial charge in [-0.2, -0.15) is 0 Å². The van der Waals surface area contributed by atoms with Crippen LogP contribution in [0.3, 0.4) is 0 Å². The van der Waals surface area contributed by atoms with Crippen LogP contribution < -0.4 is 5.56 Å². The van der Waals surface area contributed by atoms with E-state index in [0.717, 1.165) is 0 Å². The number of hydrogen-bond donors (Lipinski definition) is 2. The Bertz CT molecular complexity index is 460. The molecule has 5 nitrogen and oxygen atoms in total. The number of rotatable bonds is 1. The number of nitrogens with one attached hydrogen (secondary N) is 2. The molecule has 0 fully saturated rings. The molecular formula is C6H6N4OS. The maximum Gasteiger partial charge on any atom is 0.277 e. The van der Waals surface area contributed by atoms with Gasteiger partial charge < -0.3 is 4.98 Å². The molecule has 0 saturated heterocycles. The fourth-order valence-electron chi connectivity index (χ4n) is 0.919. The van der Waals surface area contributed by atoms with Gasteiger partial charge in [-0.1, -0.05) is 11.8 Å². The molecule has 2 N–H and O–H groups in total. The lowest BCUT2D eigenvalue weighted by Gasteiger charge is -1.92. The van der Waals surface area contributed by atoms with Gasteiger partial charge in [-0.3, -0.25) is 9.78 Å². The number of aromatic nitrogens is 4. The van der Waals surface area contributed by atoms with E-state index >= 15 is 0 Å². The molecule has 0 bridgehead atoms. The Morgan fingerprint density at radius 3 is 3.17 bits per heavy atom. The van der Waals surface area contributed by atoms with E-state index in [1.807, 2.05) is 6.26 Å². The van der Waals surface area contributed by atoms with Gasteiger partial charge in [-0.15, -0.1) is 0 Å². The lowest BCUT2D eigenvalue weighted by molar-refractivity contribution is 0.968. The third-order valence-corrected chi connectivity index (χ3v) is 2.05. The lowest BCUT2D eigenvalue weighted by Crippen LogP contribution is -2.08. The van der Waals surface area contributed by atoms with Gasteiger partial charge in [-0.05, 0) is 6.26 Å². The minimum absolute atomic E-state index is 0.179. The highest BCUT2D eigenvalue weighted by molar-refractivity contribution is 7.98. The summed E-state index contributed by atoms with van der Waals surface area (Å²) in [5.74, 6) is 0. The second-order valence-corrected chi connectivity index (χ2v) is 2.97. The molecule has 12 heavy (non-hydrogen) atoms. The summed E-state index contributed by atoms with van der Waals surface area (Å²) in [5.41, 5.74) is 0.706. The topological polar surface area (TPSA) is 74.4 Å². The van der Waals surface area contributed by atoms with Gasteiger partial charge in [0.15, 0.2) is 16.3 Å². The van der Waals surface area contributed by atoms with Crippen molar-refractivity contribution in [3.8, 4) is 0 Å². The second-order valence-electron chi connectivity index (χ2n) is 2.18. The van der Waals surface area contributed by atoms with Crippen LogP contribution >= 0.6 is 11.8 Å². The molecular weight excluding hydrogens is 179 g/mol. The lowest BCUT2D eigenvalue weighted by atomic mass is 10.6. The summed E-state index contributed by atoms with van der Waals surface area (Å²) in [5, 5.41) is 0.583. The van der Waals surface area contributed by atoms with Crippen molar-refractivity contribution in [1.82, 2.24) is 19.9 Å². The molecule has 0 aliphatic rings. The number of hydrogen-bond acceptors (Lipinski definition) is 4. The highest BCUT2D eigenvalue weighted by Gasteiger charge is 2.03. The Balaban J connectivity index is 2.84. The molecule has 0 radical (unpaired) electrons. The maximum absolute atomic E-state index is 11.2. The molecule has 0 unspecified atom stereocenters. The Kier molecular flexibility index (Phi) is 1.61. The molecule has 2 aromatic heterocycles. The quantitative estimate of drug-likeness (QED) is 0.497. The number of nitrogens with zero attached hydrogens (tertiary/aromatic N) is 2. The first-order chi connectivity index (χ1) is 5.81. The number of thioether (sulfide) groups is 1. The summed E-state index contributed by atoms with van der Waals surface area (Å²) < 4.78 is 0. The van der Waals surface area contributed by atoms with Gasteiger partial charge in [0.1, 0.15) is 0 Å². The first-order valence-electron chi connectivity index (χ1n) is 3.28. The minimum atomic E-state index is -0.179. The fourth-order valence-corrected chi connectivity index (χ4v) is 1.29. The molecule has 6 heteroatoms. The molecule has 0 aromatic carbocycles. The summed E-state index contributed by atoms with van der Waals surface area (Å²) in [7, 11) is 0. The van der Waals surface area contributed by atoms with Crippen LogP contribution in [-0.4, -0.2) is 26.2 Å². The standard InChI is InChI=1S/C6H6N4OS/c1-12-6-9-4-3(5(11)10-6)7-2-8-4/h2H,1H3,(H2,7,8,9,10,11)/i6+1,9+1,10+1. The maximum atomic E-state index is 11.2. The van der Waals surface area contributed by atoms with Crippen molar-refractivity contribution in [2.45, 2.75) is 5.16 Å². The van der Waals surface area contributed by atoms with Crippen molar-refractivity contribution in [2.75, 3.05) is 6.26 Å². The third kappa shape index (κ3) is 1.00. The van der Waals surface area contributed by atoms with E-state index in [-0.39, 0.29) is 5.56 Å². The highest BCUT2D eigenvalue weighted by atomic mass is 32.2. The third-order valence-electron chi connectivity index (χ3n) is 1.47. The first-order valence-corrected chi connectivity index (χ1v) is 4.51. The predicted molar refractivity (Wildman–Crippen MR) is 46.3 cm³/mol. The van der Waals surface area contributed by atoms with Crippen LogP contribution in [0.15, 0.2) is 16.3 Å². The fraction of sp³-hybridized carbons (Fsp3) is 0.167. The van der Waals surface area contributed by atoms with E-state index in [4.69, 9.17) is 0 Å². The molecule has 0 spiro atoms. The Labute approximate surface area is 71.6 Å². The predicted octanol–water partition coefficient (Wildman–Crippen LogP) is 0.368. The summed E-state index contributed by atoms with van der Waals surface area (Å²) in [6, 6.07) is 0. The van der Waals surface area contributed by atoms with Gasteiger partial charge >= 0.3 is 0 Å². The molecule has 2 aromatic rings. The zero-order chi connectivity index (χ0) is 8.55. The van der Waals surface area contributed by atoms with E-state index in [1.165, 1.54) is 18.1 Å². The molecule has 0 amide bonds. The van der Waals surface area contributed by atoms with Crippen molar-refractivity contribution < 1.29 is 0 Å². The van der Waals surface area contributed by atoms with Crippen LogP contribution in [0.1, 0.15) is 0 Å². The molecule has 2 rings (SSSR count). The highest BCUT2D eigenvalue weighted by Crippen LogP contribution is 2.07. The van der Waals surface area contributed by atoms with Crippen LogP contribution in [0.5, 0.6) is 0 Å². The number of H-pyrrole nitrogens is 2. The summed E-state index contributed by atoms with van der Waals surface area (Å²) in [6.07, 6.45) is 3.30. The van der Waals surface area contributed by atoms with Gasteiger partial charge in [0.05, 0.1) is 6.33 Å². The van der Waals surface area contributed by atoms with Crippen LogP contribution in [0.4, 0.5) is 0 Å². The van der Waals surface area contributed by atoms with Gasteiger partial charge in [0.25, 0.3) is 5.56 Å². The zero-order valence-electron chi connectivity index (χ0n) is 6.29. The molecule has 0 atom stereocenters. The van der Waals surface area contributed by atoms with Crippen molar-refractivity contribution in [2.24, 2.45) is 0 Å². The summed E-state index contributed by atoms with van der Waals surface area (Å²) >= 11 is 1.38. The number of aromatic amines is 2. The average Bonchev–Trinajstić information content (AvgIpc) is 2.52. The van der Waals surface area contributed by atoms with Crippen molar-refractivity contribution >= 4 is 22.9 Å². The normalized spacial score (nSPS) is 10.8. The van der Waals surface area contributed by atoms with E-state index in [0.29, 0.717) is 16.3 Å². The monoisotopic (exact) mass is 185 g/mol. The molecule has 62 valence electrons. The van der Waals surface area contributed by atoms with Crippen LogP contribution in [0, 0.1) is 0 Å². The Morgan fingerprint density at radius 2 is 2.42 bits per heavy atom. The molecule has 0 aliphatic heterocycles. The summed E-state index contributed by atoms with van der Waals surface area (Å²) in [4.78, 5) is 24.5. The SMILES string of the molecule is CS[13c]1[15n]c2nc[nH]c2c(=O)[15nH]1. The van der Waals surface area contributed by atoms with Crippen molar-refractivity contribution in [3.63, 3.8) is 0 Å². The van der Waals surface area contributed by atoms with E-state index in [9.17, 15) is 4.79 Å². The van der Waals surface area contributed by atoms with E-state index in [2.05, 4.69) is 19.9 Å². The van der Waals surface area contributed by atoms with Crippen molar-refractivity contribution in [1.29, 1.82) is 0 Å². The van der Waals surface area contributed by atoms with Gasteiger partial charge in [0.2, 0.25) is 0 Å². The Morgan fingerprint density at radius 1 is 1.58 bits per heavy atom. The van der Waals surface area contributed by atoms with Crippen LogP contribution in [0.2, 0.25) is 0 Å². The van der Waals surface area contributed by atoms with Crippen molar-refractivity contribution in [3.05, 3.63) is 16.7 Å².